The van der Waals surface area contributed by atoms with Crippen LogP contribution in [0.1, 0.15) is 17.5 Å². The van der Waals surface area contributed by atoms with E-state index in [1.807, 2.05) is 31.2 Å². The maximum atomic E-state index is 11.1. The van der Waals surface area contributed by atoms with Crippen molar-refractivity contribution in [1.29, 1.82) is 0 Å². The first kappa shape index (κ1) is 12.5. The highest BCUT2D eigenvalue weighted by atomic mass is 79.9. The van der Waals surface area contributed by atoms with Gasteiger partial charge in [0.25, 0.3) is 0 Å². The Kier molecular flexibility index (Phi) is 3.74. The number of hydrogen-bond acceptors (Lipinski definition) is 3. The molecule has 0 unspecified atom stereocenters. The number of carbonyl (C=O) groups is 1. The number of rotatable bonds is 3. The highest BCUT2D eigenvalue weighted by molar-refractivity contribution is 9.10. The Hall–Kier alpha value is -1.00. The van der Waals surface area contributed by atoms with Crippen molar-refractivity contribution in [3.05, 3.63) is 39.3 Å². The highest BCUT2D eigenvalue weighted by Gasteiger charge is 2.10. The van der Waals surface area contributed by atoms with Gasteiger partial charge >= 0.3 is 0 Å². The number of aromatic nitrogens is 1. The highest BCUT2D eigenvalue weighted by Crippen LogP contribution is 2.29. The van der Waals surface area contributed by atoms with E-state index in [2.05, 4.69) is 20.9 Å². The summed E-state index contributed by atoms with van der Waals surface area (Å²) < 4.78 is 1.05. The molecule has 4 heteroatoms. The number of hydrogen-bond donors (Lipinski definition) is 0. The van der Waals surface area contributed by atoms with Crippen LogP contribution in [0.5, 0.6) is 0 Å². The number of nitrogens with zero attached hydrogens (tertiary/aromatic N) is 1. The van der Waals surface area contributed by atoms with Gasteiger partial charge in [-0.1, -0.05) is 28.1 Å². The molecule has 0 saturated carbocycles. The average Bonchev–Trinajstić information content (AvgIpc) is 2.60. The third-order valence-corrected chi connectivity index (χ3v) is 4.13. The van der Waals surface area contributed by atoms with E-state index in [0.717, 1.165) is 25.6 Å². The third kappa shape index (κ3) is 3.01. The fraction of sp³-hybridized carbons (Fsp3) is 0.231. The number of benzene rings is 1. The van der Waals surface area contributed by atoms with Gasteiger partial charge in [0.15, 0.2) is 0 Å². The van der Waals surface area contributed by atoms with Gasteiger partial charge < -0.3 is 0 Å². The number of ketones is 1. The van der Waals surface area contributed by atoms with E-state index in [-0.39, 0.29) is 5.78 Å². The van der Waals surface area contributed by atoms with Crippen LogP contribution >= 0.6 is 27.3 Å². The molecule has 88 valence electrons. The van der Waals surface area contributed by atoms with E-state index < -0.39 is 0 Å². The molecule has 2 rings (SSSR count). The van der Waals surface area contributed by atoms with Gasteiger partial charge in [0.2, 0.25) is 0 Å². The van der Waals surface area contributed by atoms with Crippen LogP contribution in [-0.2, 0) is 11.2 Å². The zero-order valence-electron chi connectivity index (χ0n) is 9.66. The van der Waals surface area contributed by atoms with Gasteiger partial charge in [-0.3, -0.25) is 4.79 Å². The van der Waals surface area contributed by atoms with Gasteiger partial charge in [-0.05, 0) is 26.0 Å². The van der Waals surface area contributed by atoms with Gasteiger partial charge in [0.1, 0.15) is 10.8 Å². The minimum absolute atomic E-state index is 0.180. The lowest BCUT2D eigenvalue weighted by Crippen LogP contribution is -1.94. The van der Waals surface area contributed by atoms with Gasteiger partial charge in [-0.2, -0.15) is 0 Å². The van der Waals surface area contributed by atoms with Crippen molar-refractivity contribution in [3.8, 4) is 10.6 Å². The van der Waals surface area contributed by atoms with Crippen LogP contribution in [0.15, 0.2) is 28.7 Å². The van der Waals surface area contributed by atoms with E-state index in [1.165, 1.54) is 0 Å². The molecule has 0 aliphatic heterocycles. The summed E-state index contributed by atoms with van der Waals surface area (Å²) in [6.45, 7) is 3.57. The lowest BCUT2D eigenvalue weighted by atomic mass is 10.2. The van der Waals surface area contributed by atoms with Crippen molar-refractivity contribution in [2.75, 3.05) is 0 Å². The smallest absolute Gasteiger partial charge is 0.135 e. The predicted octanol–water partition coefficient (Wildman–Crippen LogP) is 4.01. The largest absolute Gasteiger partial charge is 0.300 e. The Balaban J connectivity index is 2.34. The second-order valence-electron chi connectivity index (χ2n) is 3.91. The van der Waals surface area contributed by atoms with E-state index in [0.29, 0.717) is 6.42 Å². The molecule has 0 amide bonds. The van der Waals surface area contributed by atoms with Crippen LogP contribution in [0.4, 0.5) is 0 Å². The molecule has 1 aromatic heterocycles. The van der Waals surface area contributed by atoms with Crippen LogP contribution < -0.4 is 0 Å². The normalized spacial score (nSPS) is 10.5. The van der Waals surface area contributed by atoms with E-state index in [4.69, 9.17) is 0 Å². The fourth-order valence-corrected chi connectivity index (χ4v) is 2.94. The summed E-state index contributed by atoms with van der Waals surface area (Å²) in [5.74, 6) is 0.180. The molecule has 0 N–H and O–H groups in total. The van der Waals surface area contributed by atoms with Gasteiger partial charge in [-0.25, -0.2) is 4.98 Å². The summed E-state index contributed by atoms with van der Waals surface area (Å²) in [6.07, 6.45) is 0.486. The fourth-order valence-electron chi connectivity index (χ4n) is 1.53. The first-order chi connectivity index (χ1) is 8.06. The summed E-state index contributed by atoms with van der Waals surface area (Å²) in [5, 5.41) is 0.978. The Morgan fingerprint density at radius 1 is 1.35 bits per heavy atom. The Bertz CT molecular complexity index is 545. The maximum absolute atomic E-state index is 11.1. The van der Waals surface area contributed by atoms with Crippen molar-refractivity contribution in [2.45, 2.75) is 20.3 Å². The van der Waals surface area contributed by atoms with Crippen molar-refractivity contribution in [3.63, 3.8) is 0 Å². The number of aryl methyl sites for hydroxylation is 1. The predicted molar refractivity (Wildman–Crippen MR) is 74.4 cm³/mol. The molecular weight excluding hydrogens is 298 g/mol. The number of thiazole rings is 1. The van der Waals surface area contributed by atoms with Crippen LogP contribution in [-0.4, -0.2) is 10.8 Å². The van der Waals surface area contributed by atoms with Crippen LogP contribution in [0.2, 0.25) is 0 Å². The van der Waals surface area contributed by atoms with Gasteiger partial charge in [-0.15, -0.1) is 11.3 Å². The number of carbonyl (C=O) groups excluding carboxylic acids is 1. The molecule has 0 saturated heterocycles. The molecule has 2 nitrogen and oxygen atoms in total. The summed E-state index contributed by atoms with van der Waals surface area (Å²) in [5.41, 5.74) is 2.05. The van der Waals surface area contributed by atoms with Crippen LogP contribution in [0, 0.1) is 6.92 Å². The Morgan fingerprint density at radius 3 is 2.59 bits per heavy atom. The number of Topliss-reactive ketones (excluding diaryl/α,β-unsaturated/α-hetero) is 1. The van der Waals surface area contributed by atoms with E-state index in [9.17, 15) is 4.79 Å². The Morgan fingerprint density at radius 2 is 2.00 bits per heavy atom. The molecule has 0 radical (unpaired) electrons. The second kappa shape index (κ2) is 5.10. The molecule has 0 aliphatic carbocycles. The van der Waals surface area contributed by atoms with Crippen LogP contribution in [0.25, 0.3) is 10.6 Å². The van der Waals surface area contributed by atoms with Crippen molar-refractivity contribution in [2.24, 2.45) is 0 Å². The quantitative estimate of drug-likeness (QED) is 0.857. The first-order valence-electron chi connectivity index (χ1n) is 5.28. The molecule has 1 aromatic carbocycles. The van der Waals surface area contributed by atoms with E-state index >= 15 is 0 Å². The van der Waals surface area contributed by atoms with Crippen LogP contribution in [0.3, 0.4) is 0 Å². The van der Waals surface area contributed by atoms with Gasteiger partial charge in [0, 0.05) is 21.3 Å². The molecule has 2 aromatic rings. The topological polar surface area (TPSA) is 30.0 Å². The Labute approximate surface area is 113 Å². The molecule has 0 atom stereocenters. The lowest BCUT2D eigenvalue weighted by molar-refractivity contribution is -0.116. The summed E-state index contributed by atoms with van der Waals surface area (Å²) >= 11 is 5.01. The third-order valence-electron chi connectivity index (χ3n) is 2.39. The molecular formula is C13H12BrNOS. The number of halogens is 1. The van der Waals surface area contributed by atoms with Crippen molar-refractivity contribution < 1.29 is 4.79 Å². The molecule has 17 heavy (non-hydrogen) atoms. The average molecular weight is 310 g/mol. The summed E-state index contributed by atoms with van der Waals surface area (Å²) in [6, 6.07) is 8.05. The molecule has 0 fully saturated rings. The molecule has 0 spiro atoms. The first-order valence-corrected chi connectivity index (χ1v) is 6.89. The summed E-state index contributed by atoms with van der Waals surface area (Å²) in [4.78, 5) is 16.7. The molecule has 0 aliphatic rings. The monoisotopic (exact) mass is 309 g/mol. The standard InChI is InChI=1S/C13H12BrNOS/c1-8(16)7-12-9(2)15-13(17-12)10-3-5-11(14)6-4-10/h3-6H,7H2,1-2H3. The van der Waals surface area contributed by atoms with Crippen molar-refractivity contribution in [1.82, 2.24) is 4.98 Å². The van der Waals surface area contributed by atoms with E-state index in [1.54, 1.807) is 18.3 Å². The zero-order chi connectivity index (χ0) is 12.4. The molecule has 0 bridgehead atoms. The summed E-state index contributed by atoms with van der Waals surface area (Å²) in [7, 11) is 0. The molecule has 1 heterocycles. The minimum atomic E-state index is 0.180. The van der Waals surface area contributed by atoms with Crippen molar-refractivity contribution >= 4 is 33.0 Å². The minimum Gasteiger partial charge on any atom is -0.300 e. The lowest BCUT2D eigenvalue weighted by Gasteiger charge is -1.95. The SMILES string of the molecule is CC(=O)Cc1sc(-c2ccc(Br)cc2)nc1C. The second-order valence-corrected chi connectivity index (χ2v) is 5.91. The van der Waals surface area contributed by atoms with Gasteiger partial charge in [0.05, 0.1) is 5.69 Å². The maximum Gasteiger partial charge on any atom is 0.135 e. The zero-order valence-corrected chi connectivity index (χ0v) is 12.1.